The quantitative estimate of drug-likeness (QED) is 0.562. The second-order valence-electron chi connectivity index (χ2n) is 1.16. The summed E-state index contributed by atoms with van der Waals surface area (Å²) in [4.78, 5) is -2.92. The average molecular weight is 193 g/mol. The fourth-order valence-electron chi connectivity index (χ4n) is 0. The zero-order valence-electron chi connectivity index (χ0n) is 3.59. The van der Waals surface area contributed by atoms with Gasteiger partial charge in [-0.05, 0) is 22.9 Å². The molecule has 0 aromatic rings. The van der Waals surface area contributed by atoms with E-state index >= 15 is 0 Å². The van der Waals surface area contributed by atoms with Crippen LogP contribution >= 0.6 is 27.5 Å². The van der Waals surface area contributed by atoms with Crippen molar-refractivity contribution in [1.29, 1.82) is 0 Å². The molecule has 0 aliphatic rings. The highest BCUT2D eigenvalue weighted by molar-refractivity contribution is 9.10. The van der Waals surface area contributed by atoms with Gasteiger partial charge in [-0.3, -0.25) is 0 Å². The van der Waals surface area contributed by atoms with Crippen molar-refractivity contribution in [2.24, 2.45) is 0 Å². The topological polar surface area (TPSA) is 0 Å². The van der Waals surface area contributed by atoms with E-state index < -0.39 is 10.2 Å². The normalized spacial score (nSPS) is 16.7. The first kappa shape index (κ1) is 7.63. The first-order chi connectivity index (χ1) is 2.94. The summed E-state index contributed by atoms with van der Waals surface area (Å²) >= 11 is 7.03. The molecule has 0 aliphatic carbocycles. The van der Waals surface area contributed by atoms with Gasteiger partial charge < -0.3 is 0 Å². The van der Waals surface area contributed by atoms with Crippen LogP contribution in [0.15, 0.2) is 0 Å². The van der Waals surface area contributed by atoms with Gasteiger partial charge in [-0.1, -0.05) is 0 Å². The Hall–Kier alpha value is 0.630. The molecule has 0 aromatic carbocycles. The van der Waals surface area contributed by atoms with E-state index in [0.29, 0.717) is 0 Å². The summed E-state index contributed by atoms with van der Waals surface area (Å²) in [6, 6.07) is 0. The molecule has 0 radical (unpaired) electrons. The molecule has 0 saturated heterocycles. The molecule has 1 unspecified atom stereocenters. The third kappa shape index (κ3) is 3.23. The Labute approximate surface area is 54.0 Å². The second kappa shape index (κ2) is 2.27. The first-order valence-corrected chi connectivity index (χ1v) is 2.88. The van der Waals surface area contributed by atoms with Crippen LogP contribution in [0.4, 0.5) is 8.78 Å². The number of hydrogen-bond acceptors (Lipinski definition) is 0. The van der Waals surface area contributed by atoms with E-state index in [4.69, 9.17) is 11.6 Å². The van der Waals surface area contributed by atoms with Gasteiger partial charge in [-0.15, -0.1) is 11.6 Å². The molecule has 0 aromatic heterocycles. The predicted molar refractivity (Wildman–Crippen MR) is 29.2 cm³/mol. The summed E-state index contributed by atoms with van der Waals surface area (Å²) in [5.74, 6) is 0. The van der Waals surface area contributed by atoms with Crippen molar-refractivity contribution in [1.82, 2.24) is 0 Å². The monoisotopic (exact) mass is 192 g/mol. The summed E-state index contributed by atoms with van der Waals surface area (Å²) in [5.41, 5.74) is 0. The van der Waals surface area contributed by atoms with E-state index in [-0.39, 0.29) is 0 Å². The van der Waals surface area contributed by atoms with Crippen LogP contribution in [-0.2, 0) is 0 Å². The van der Waals surface area contributed by atoms with Crippen molar-refractivity contribution < 1.29 is 8.78 Å². The highest BCUT2D eigenvalue weighted by Gasteiger charge is 2.30. The lowest BCUT2D eigenvalue weighted by atomic mass is 10.5. The van der Waals surface area contributed by atoms with E-state index in [2.05, 4.69) is 15.9 Å². The summed E-state index contributed by atoms with van der Waals surface area (Å²) in [6.07, 6.45) is 0. The van der Waals surface area contributed by atoms with E-state index in [1.54, 1.807) is 0 Å². The van der Waals surface area contributed by atoms with Gasteiger partial charge in [0.1, 0.15) is 5.38 Å². The minimum Gasteiger partial charge on any atom is -0.192 e. The number of alkyl halides is 4. The first-order valence-electron chi connectivity index (χ1n) is 1.65. The minimum absolute atomic E-state index is 1.15. The molecule has 0 spiro atoms. The largest absolute Gasteiger partial charge is 0.317 e. The number of halogens is 4. The summed E-state index contributed by atoms with van der Waals surface area (Å²) in [7, 11) is 0. The van der Waals surface area contributed by atoms with Gasteiger partial charge in [-0.2, -0.15) is 8.78 Å². The molecule has 0 saturated carbocycles. The van der Waals surface area contributed by atoms with Gasteiger partial charge in [-0.25, -0.2) is 0 Å². The standard InChI is InChI=1S/C3H4BrClF2/c1-2(5)3(4,6)7/h2H,1H3. The Morgan fingerprint density at radius 2 is 1.86 bits per heavy atom. The molecular weight excluding hydrogens is 189 g/mol. The van der Waals surface area contributed by atoms with Gasteiger partial charge in [0.15, 0.2) is 0 Å². The summed E-state index contributed by atoms with van der Waals surface area (Å²) < 4.78 is 23.3. The summed E-state index contributed by atoms with van der Waals surface area (Å²) in [5, 5.41) is -1.15. The van der Waals surface area contributed by atoms with Crippen molar-refractivity contribution in [3.05, 3.63) is 0 Å². The van der Waals surface area contributed by atoms with Gasteiger partial charge in [0, 0.05) is 0 Å². The maximum Gasteiger partial charge on any atom is 0.317 e. The van der Waals surface area contributed by atoms with Crippen molar-refractivity contribution >= 4 is 27.5 Å². The second-order valence-corrected chi connectivity index (χ2v) is 2.87. The van der Waals surface area contributed by atoms with Crippen LogP contribution in [0.3, 0.4) is 0 Å². The third-order valence-corrected chi connectivity index (χ3v) is 1.68. The van der Waals surface area contributed by atoms with Crippen molar-refractivity contribution in [2.75, 3.05) is 0 Å². The van der Waals surface area contributed by atoms with Gasteiger partial charge in [0.2, 0.25) is 0 Å². The lowest BCUT2D eigenvalue weighted by Crippen LogP contribution is -2.16. The average Bonchev–Trinajstić information content (AvgIpc) is 1.31. The molecule has 0 amide bonds. The molecule has 44 valence electrons. The van der Waals surface area contributed by atoms with Gasteiger partial charge in [0.05, 0.1) is 0 Å². The number of rotatable bonds is 1. The van der Waals surface area contributed by atoms with Crippen molar-refractivity contribution in [3.8, 4) is 0 Å². The molecule has 0 aliphatic heterocycles. The SMILES string of the molecule is CC(Cl)C(F)(F)Br. The van der Waals surface area contributed by atoms with E-state index in [1.807, 2.05) is 0 Å². The van der Waals surface area contributed by atoms with Crippen LogP contribution in [0.25, 0.3) is 0 Å². The fraction of sp³-hybridized carbons (Fsp3) is 1.00. The minimum atomic E-state index is -2.92. The molecule has 0 rings (SSSR count). The van der Waals surface area contributed by atoms with E-state index in [0.717, 1.165) is 0 Å². The zero-order chi connectivity index (χ0) is 6.08. The van der Waals surface area contributed by atoms with E-state index in [1.165, 1.54) is 6.92 Å². The Morgan fingerprint density at radius 3 is 1.86 bits per heavy atom. The van der Waals surface area contributed by atoms with Crippen LogP contribution in [0.5, 0.6) is 0 Å². The molecule has 0 bridgehead atoms. The summed E-state index contributed by atoms with van der Waals surface area (Å²) in [6.45, 7) is 1.22. The van der Waals surface area contributed by atoms with Crippen molar-refractivity contribution in [3.63, 3.8) is 0 Å². The molecule has 0 heterocycles. The zero-order valence-corrected chi connectivity index (χ0v) is 5.93. The van der Waals surface area contributed by atoms with Crippen molar-refractivity contribution in [2.45, 2.75) is 17.1 Å². The lowest BCUT2D eigenvalue weighted by molar-refractivity contribution is 0.114. The maximum absolute atomic E-state index is 11.6. The van der Waals surface area contributed by atoms with Crippen LogP contribution in [0.2, 0.25) is 0 Å². The predicted octanol–water partition coefficient (Wildman–Crippen LogP) is 2.60. The van der Waals surface area contributed by atoms with E-state index in [9.17, 15) is 8.78 Å². The molecule has 1 atom stereocenters. The van der Waals surface area contributed by atoms with Crippen LogP contribution < -0.4 is 0 Å². The van der Waals surface area contributed by atoms with Crippen LogP contribution in [0, 0.1) is 0 Å². The van der Waals surface area contributed by atoms with Crippen LogP contribution in [-0.4, -0.2) is 10.2 Å². The molecule has 0 N–H and O–H groups in total. The highest BCUT2D eigenvalue weighted by Crippen LogP contribution is 2.29. The molecule has 0 fully saturated rings. The smallest absolute Gasteiger partial charge is 0.192 e. The Kier molecular flexibility index (Phi) is 2.47. The Bertz CT molecular complexity index is 58.4. The maximum atomic E-state index is 11.6. The van der Waals surface area contributed by atoms with Gasteiger partial charge in [0.25, 0.3) is 0 Å². The molecule has 0 nitrogen and oxygen atoms in total. The lowest BCUT2D eigenvalue weighted by Gasteiger charge is -2.07. The number of hydrogen-bond donors (Lipinski definition) is 0. The molecule has 7 heavy (non-hydrogen) atoms. The Balaban J connectivity index is 3.54. The third-order valence-electron chi connectivity index (χ3n) is 0.451. The van der Waals surface area contributed by atoms with Gasteiger partial charge >= 0.3 is 4.83 Å². The van der Waals surface area contributed by atoms with Crippen LogP contribution in [0.1, 0.15) is 6.92 Å². The molecule has 4 heteroatoms. The highest BCUT2D eigenvalue weighted by atomic mass is 79.9. The fourth-order valence-corrected chi connectivity index (χ4v) is 0. The molecular formula is C3H4BrClF2. The Morgan fingerprint density at radius 1 is 1.71 bits per heavy atom.